The van der Waals surface area contributed by atoms with Crippen LogP contribution in [0.2, 0.25) is 0 Å². The number of rotatable bonds is 2. The van der Waals surface area contributed by atoms with Crippen molar-refractivity contribution in [1.82, 2.24) is 9.88 Å². The number of ether oxygens (including phenoxy) is 1. The molecule has 0 saturated carbocycles. The Labute approximate surface area is 171 Å². The maximum Gasteiger partial charge on any atom is 0.417 e. The highest BCUT2D eigenvalue weighted by Gasteiger charge is 2.44. The minimum atomic E-state index is -4.63. The number of amides is 2. The van der Waals surface area contributed by atoms with E-state index in [1.807, 2.05) is 30.3 Å². The number of anilines is 1. The van der Waals surface area contributed by atoms with Gasteiger partial charge in [-0.2, -0.15) is 13.2 Å². The van der Waals surface area contributed by atoms with Gasteiger partial charge in [-0.05, 0) is 31.0 Å². The zero-order valence-corrected chi connectivity index (χ0v) is 16.1. The van der Waals surface area contributed by atoms with Crippen molar-refractivity contribution in [1.29, 1.82) is 0 Å². The third-order valence-electron chi connectivity index (χ3n) is 5.64. The summed E-state index contributed by atoms with van der Waals surface area (Å²) in [4.78, 5) is 31.8. The van der Waals surface area contributed by atoms with E-state index in [4.69, 9.17) is 4.74 Å². The second-order valence-electron chi connectivity index (χ2n) is 7.50. The fourth-order valence-electron chi connectivity index (χ4n) is 3.96. The van der Waals surface area contributed by atoms with Gasteiger partial charge < -0.3 is 14.5 Å². The van der Waals surface area contributed by atoms with E-state index in [2.05, 4.69) is 4.98 Å². The molecule has 2 fully saturated rings. The normalized spacial score (nSPS) is 19.2. The van der Waals surface area contributed by atoms with Gasteiger partial charge in [-0.3, -0.25) is 14.6 Å². The summed E-state index contributed by atoms with van der Waals surface area (Å²) in [5.41, 5.74) is -1.29. The monoisotopic (exact) mass is 419 g/mol. The second kappa shape index (κ2) is 7.71. The van der Waals surface area contributed by atoms with Crippen LogP contribution in [0.4, 0.5) is 18.9 Å². The molecular formula is C21H20F3N3O3. The lowest BCUT2D eigenvalue weighted by Gasteiger charge is -2.47. The van der Waals surface area contributed by atoms with E-state index in [0.717, 1.165) is 24.1 Å². The van der Waals surface area contributed by atoms with Crippen LogP contribution in [-0.2, 0) is 15.7 Å². The SMILES string of the molecule is O=C(c1cnccc1C(F)(F)F)N1CCC2(CC1)CN(c1ccccc1)C(=O)CO2. The van der Waals surface area contributed by atoms with Crippen molar-refractivity contribution < 1.29 is 27.5 Å². The highest BCUT2D eigenvalue weighted by Crippen LogP contribution is 2.35. The molecular weight excluding hydrogens is 399 g/mol. The Hall–Kier alpha value is -2.94. The molecule has 2 saturated heterocycles. The quantitative estimate of drug-likeness (QED) is 0.751. The average Bonchev–Trinajstić information content (AvgIpc) is 2.76. The van der Waals surface area contributed by atoms with E-state index in [9.17, 15) is 22.8 Å². The Bertz CT molecular complexity index is 941. The summed E-state index contributed by atoms with van der Waals surface area (Å²) >= 11 is 0. The van der Waals surface area contributed by atoms with Crippen molar-refractivity contribution in [2.24, 2.45) is 0 Å². The third-order valence-corrected chi connectivity index (χ3v) is 5.64. The number of benzene rings is 1. The molecule has 2 amide bonds. The van der Waals surface area contributed by atoms with Crippen LogP contribution in [0, 0.1) is 0 Å². The van der Waals surface area contributed by atoms with Crippen molar-refractivity contribution in [3.63, 3.8) is 0 Å². The van der Waals surface area contributed by atoms with Crippen molar-refractivity contribution in [3.05, 3.63) is 59.9 Å². The second-order valence-corrected chi connectivity index (χ2v) is 7.50. The minimum absolute atomic E-state index is 0.0658. The topological polar surface area (TPSA) is 62.7 Å². The Balaban J connectivity index is 1.48. The van der Waals surface area contributed by atoms with Crippen LogP contribution in [0.1, 0.15) is 28.8 Å². The lowest BCUT2D eigenvalue weighted by Crippen LogP contribution is -2.59. The van der Waals surface area contributed by atoms with Crippen LogP contribution in [0.3, 0.4) is 0 Å². The molecule has 2 aliphatic rings. The molecule has 1 aromatic carbocycles. The van der Waals surface area contributed by atoms with E-state index in [0.29, 0.717) is 19.4 Å². The van der Waals surface area contributed by atoms with E-state index in [-0.39, 0.29) is 25.6 Å². The molecule has 0 unspecified atom stereocenters. The summed E-state index contributed by atoms with van der Waals surface area (Å²) < 4.78 is 45.6. The molecule has 158 valence electrons. The molecule has 4 rings (SSSR count). The molecule has 3 heterocycles. The van der Waals surface area contributed by atoms with Gasteiger partial charge in [-0.15, -0.1) is 0 Å². The lowest BCUT2D eigenvalue weighted by molar-refractivity contribution is -0.143. The van der Waals surface area contributed by atoms with Crippen LogP contribution in [0.15, 0.2) is 48.8 Å². The van der Waals surface area contributed by atoms with Gasteiger partial charge in [-0.1, -0.05) is 18.2 Å². The predicted molar refractivity (Wildman–Crippen MR) is 102 cm³/mol. The number of para-hydroxylation sites is 1. The van der Waals surface area contributed by atoms with Crippen LogP contribution in [0.25, 0.3) is 0 Å². The van der Waals surface area contributed by atoms with Gasteiger partial charge in [0.25, 0.3) is 11.8 Å². The number of pyridine rings is 1. The van der Waals surface area contributed by atoms with Crippen LogP contribution >= 0.6 is 0 Å². The third kappa shape index (κ3) is 3.89. The molecule has 0 aliphatic carbocycles. The molecule has 0 radical (unpaired) electrons. The van der Waals surface area contributed by atoms with E-state index in [1.165, 1.54) is 4.90 Å². The van der Waals surface area contributed by atoms with Gasteiger partial charge in [0.2, 0.25) is 0 Å². The first kappa shape index (κ1) is 20.3. The molecule has 2 aromatic rings. The van der Waals surface area contributed by atoms with Crippen molar-refractivity contribution in [2.75, 3.05) is 31.1 Å². The summed E-state index contributed by atoms with van der Waals surface area (Å²) in [6, 6.07) is 10.1. The molecule has 0 bridgehead atoms. The Morgan fingerprint density at radius 3 is 2.47 bits per heavy atom. The number of carbonyl (C=O) groups is 2. The first-order chi connectivity index (χ1) is 14.3. The Morgan fingerprint density at radius 1 is 1.10 bits per heavy atom. The number of alkyl halides is 3. The molecule has 1 spiro atoms. The van der Waals surface area contributed by atoms with Gasteiger partial charge in [0.05, 0.1) is 23.3 Å². The zero-order valence-electron chi connectivity index (χ0n) is 16.1. The van der Waals surface area contributed by atoms with Crippen LogP contribution in [0.5, 0.6) is 0 Å². The van der Waals surface area contributed by atoms with E-state index >= 15 is 0 Å². The zero-order chi connectivity index (χ0) is 21.4. The summed E-state index contributed by atoms with van der Waals surface area (Å²) in [6.07, 6.45) is -1.79. The highest BCUT2D eigenvalue weighted by atomic mass is 19.4. The Morgan fingerprint density at radius 2 is 1.80 bits per heavy atom. The smallest absolute Gasteiger partial charge is 0.363 e. The highest BCUT2D eigenvalue weighted by molar-refractivity contribution is 5.96. The maximum atomic E-state index is 13.2. The summed E-state index contributed by atoms with van der Waals surface area (Å²) in [5, 5.41) is 0. The average molecular weight is 419 g/mol. The largest absolute Gasteiger partial charge is 0.417 e. The number of morpholine rings is 1. The van der Waals surface area contributed by atoms with Gasteiger partial charge in [0.15, 0.2) is 0 Å². The molecule has 0 N–H and O–H groups in total. The number of likely N-dealkylation sites (tertiary alicyclic amines) is 1. The number of carbonyl (C=O) groups excluding carboxylic acids is 2. The maximum absolute atomic E-state index is 13.2. The fourth-order valence-corrected chi connectivity index (χ4v) is 3.96. The number of aromatic nitrogens is 1. The molecule has 6 nitrogen and oxygen atoms in total. The van der Waals surface area contributed by atoms with E-state index in [1.54, 1.807) is 4.90 Å². The minimum Gasteiger partial charge on any atom is -0.363 e. The summed E-state index contributed by atoms with van der Waals surface area (Å²) in [6.45, 7) is 0.756. The summed E-state index contributed by atoms with van der Waals surface area (Å²) in [7, 11) is 0. The fraction of sp³-hybridized carbons (Fsp3) is 0.381. The number of hydrogen-bond donors (Lipinski definition) is 0. The standard InChI is InChI=1S/C21H20F3N3O3/c22-21(23,24)17-6-9-25-12-16(17)19(29)26-10-7-20(8-11-26)14-27(18(28)13-30-20)15-4-2-1-3-5-15/h1-6,9,12H,7-8,10-11,13-14H2. The van der Waals surface area contributed by atoms with Crippen LogP contribution < -0.4 is 4.90 Å². The lowest BCUT2D eigenvalue weighted by atomic mass is 9.88. The van der Waals surface area contributed by atoms with E-state index < -0.39 is 28.8 Å². The summed E-state index contributed by atoms with van der Waals surface area (Å²) in [5.74, 6) is -0.840. The number of piperidine rings is 1. The molecule has 2 aliphatic heterocycles. The van der Waals surface area contributed by atoms with Crippen LogP contribution in [-0.4, -0.2) is 53.5 Å². The number of halogens is 3. The Kier molecular flexibility index (Phi) is 5.23. The molecule has 0 atom stereocenters. The van der Waals surface area contributed by atoms with Gasteiger partial charge >= 0.3 is 6.18 Å². The predicted octanol–water partition coefficient (Wildman–Crippen LogP) is 3.14. The van der Waals surface area contributed by atoms with Crippen molar-refractivity contribution in [2.45, 2.75) is 24.6 Å². The van der Waals surface area contributed by atoms with Crippen molar-refractivity contribution >= 4 is 17.5 Å². The molecule has 30 heavy (non-hydrogen) atoms. The van der Waals surface area contributed by atoms with Crippen molar-refractivity contribution in [3.8, 4) is 0 Å². The molecule has 9 heteroatoms. The first-order valence-electron chi connectivity index (χ1n) is 9.59. The number of hydrogen-bond acceptors (Lipinski definition) is 4. The van der Waals surface area contributed by atoms with Gasteiger partial charge in [0, 0.05) is 31.2 Å². The first-order valence-corrected chi connectivity index (χ1v) is 9.59. The van der Waals surface area contributed by atoms with Gasteiger partial charge in [-0.25, -0.2) is 0 Å². The molecule has 1 aromatic heterocycles. The number of nitrogens with zero attached hydrogens (tertiary/aromatic N) is 3. The van der Waals surface area contributed by atoms with Gasteiger partial charge in [0.1, 0.15) is 6.61 Å².